The molecule has 5 rings (SSSR count). The van der Waals surface area contributed by atoms with Crippen LogP contribution in [0.1, 0.15) is 21.5 Å². The van der Waals surface area contributed by atoms with Crippen molar-refractivity contribution in [2.45, 2.75) is 13.0 Å². The topological polar surface area (TPSA) is 46.1 Å². The Bertz CT molecular complexity index is 1220. The van der Waals surface area contributed by atoms with E-state index in [1.165, 1.54) is 11.1 Å². The first-order valence-electron chi connectivity index (χ1n) is 9.56. The molecule has 0 spiro atoms. The third kappa shape index (κ3) is 3.36. The maximum Gasteiger partial charge on any atom is 0.254 e. The molecule has 1 amide bonds. The molecule has 4 aromatic rings. The third-order valence-electron chi connectivity index (χ3n) is 5.40. The molecule has 2 aromatic carbocycles. The highest BCUT2D eigenvalue weighted by Crippen LogP contribution is 2.29. The highest BCUT2D eigenvalue weighted by atomic mass is 35.5. The lowest BCUT2D eigenvalue weighted by atomic mass is 9.98. The molecule has 5 heteroatoms. The summed E-state index contributed by atoms with van der Waals surface area (Å²) in [6.07, 6.45) is 4.32. The lowest BCUT2D eigenvalue weighted by Crippen LogP contribution is -2.36. The van der Waals surface area contributed by atoms with Crippen molar-refractivity contribution in [2.75, 3.05) is 6.54 Å². The van der Waals surface area contributed by atoms with Gasteiger partial charge in [0.1, 0.15) is 0 Å². The van der Waals surface area contributed by atoms with Crippen LogP contribution in [0.3, 0.4) is 0 Å². The van der Waals surface area contributed by atoms with Crippen molar-refractivity contribution < 1.29 is 4.79 Å². The van der Waals surface area contributed by atoms with E-state index in [-0.39, 0.29) is 5.91 Å². The van der Waals surface area contributed by atoms with Gasteiger partial charge in [-0.25, -0.2) is 4.98 Å². The summed E-state index contributed by atoms with van der Waals surface area (Å²) in [7, 11) is 0. The molecule has 0 atom stereocenters. The van der Waals surface area contributed by atoms with Gasteiger partial charge in [-0.05, 0) is 53.9 Å². The maximum absolute atomic E-state index is 13.6. The number of fused-ring (bicyclic) bond motifs is 2. The first kappa shape index (κ1) is 17.8. The van der Waals surface area contributed by atoms with Crippen LogP contribution in [-0.4, -0.2) is 27.3 Å². The van der Waals surface area contributed by atoms with E-state index in [0.29, 0.717) is 23.7 Å². The third-order valence-corrected chi connectivity index (χ3v) is 5.63. The lowest BCUT2D eigenvalue weighted by Gasteiger charge is -2.29. The van der Waals surface area contributed by atoms with Crippen molar-refractivity contribution >= 4 is 28.4 Å². The molecule has 0 unspecified atom stereocenters. The van der Waals surface area contributed by atoms with Crippen LogP contribution in [0.5, 0.6) is 0 Å². The molecule has 142 valence electrons. The first-order chi connectivity index (χ1) is 14.2. The Kier molecular flexibility index (Phi) is 4.49. The molecular weight excluding hydrogens is 382 g/mol. The van der Waals surface area contributed by atoms with E-state index in [2.05, 4.69) is 23.2 Å². The predicted molar refractivity (Wildman–Crippen MR) is 115 cm³/mol. The summed E-state index contributed by atoms with van der Waals surface area (Å²) in [6.45, 7) is 1.31. The minimum Gasteiger partial charge on any atom is -0.334 e. The van der Waals surface area contributed by atoms with E-state index >= 15 is 0 Å². The molecule has 3 heterocycles. The number of amides is 1. The van der Waals surface area contributed by atoms with Crippen LogP contribution in [0.4, 0.5) is 0 Å². The molecule has 0 N–H and O–H groups in total. The molecule has 1 aliphatic rings. The summed E-state index contributed by atoms with van der Waals surface area (Å²) >= 11 is 6.24. The fourth-order valence-electron chi connectivity index (χ4n) is 3.88. The SMILES string of the molecule is O=C(c1cc(-c2ccncc2)nc2ccc(Cl)cc12)N1CCc2ccccc2C1. The maximum atomic E-state index is 13.6. The number of halogens is 1. The van der Waals surface area contributed by atoms with Gasteiger partial charge in [-0.2, -0.15) is 0 Å². The van der Waals surface area contributed by atoms with Gasteiger partial charge in [0.25, 0.3) is 5.91 Å². The number of carbonyl (C=O) groups is 1. The molecule has 0 bridgehead atoms. The Morgan fingerprint density at radius 2 is 1.76 bits per heavy atom. The number of benzene rings is 2. The normalized spacial score (nSPS) is 13.3. The molecule has 4 nitrogen and oxygen atoms in total. The first-order valence-corrected chi connectivity index (χ1v) is 9.93. The van der Waals surface area contributed by atoms with Crippen LogP contribution >= 0.6 is 11.6 Å². The number of hydrogen-bond acceptors (Lipinski definition) is 3. The Morgan fingerprint density at radius 3 is 2.59 bits per heavy atom. The van der Waals surface area contributed by atoms with Crippen molar-refractivity contribution in [3.8, 4) is 11.3 Å². The standard InChI is InChI=1S/C24H18ClN3O/c25-19-5-6-22-20(13-19)21(14-23(27-22)17-7-10-26-11-8-17)24(29)28-12-9-16-3-1-2-4-18(16)15-28/h1-8,10-11,13-14H,9,12,15H2. The van der Waals surface area contributed by atoms with Gasteiger partial charge in [0, 0.05) is 41.5 Å². The minimum atomic E-state index is 0.00414. The zero-order chi connectivity index (χ0) is 19.8. The van der Waals surface area contributed by atoms with Gasteiger partial charge in [0.2, 0.25) is 0 Å². The molecular formula is C24H18ClN3O. The minimum absolute atomic E-state index is 0.00414. The summed E-state index contributed by atoms with van der Waals surface area (Å²) in [5, 5.41) is 1.37. The Labute approximate surface area is 173 Å². The van der Waals surface area contributed by atoms with E-state index in [1.807, 2.05) is 41.3 Å². The average Bonchev–Trinajstić information content (AvgIpc) is 2.78. The molecule has 29 heavy (non-hydrogen) atoms. The van der Waals surface area contributed by atoms with E-state index in [9.17, 15) is 4.79 Å². The second kappa shape index (κ2) is 7.30. The summed E-state index contributed by atoms with van der Waals surface area (Å²) in [4.78, 5) is 24.3. The molecule has 0 aliphatic carbocycles. The van der Waals surface area contributed by atoms with Gasteiger partial charge >= 0.3 is 0 Å². The van der Waals surface area contributed by atoms with Crippen LogP contribution < -0.4 is 0 Å². The quantitative estimate of drug-likeness (QED) is 0.468. The summed E-state index contributed by atoms with van der Waals surface area (Å²) in [5.41, 5.74) is 5.58. The van der Waals surface area contributed by atoms with E-state index in [4.69, 9.17) is 16.6 Å². The van der Waals surface area contributed by atoms with Crippen LogP contribution in [0.2, 0.25) is 5.02 Å². The summed E-state index contributed by atoms with van der Waals surface area (Å²) in [6, 6.07) is 19.5. The van der Waals surface area contributed by atoms with Crippen molar-refractivity contribution in [1.29, 1.82) is 0 Å². The van der Waals surface area contributed by atoms with E-state index in [0.717, 1.165) is 28.6 Å². The van der Waals surface area contributed by atoms with Crippen molar-refractivity contribution in [1.82, 2.24) is 14.9 Å². The van der Waals surface area contributed by atoms with Gasteiger partial charge in [0.05, 0.1) is 16.8 Å². The average molecular weight is 400 g/mol. The Balaban J connectivity index is 1.61. The fourth-order valence-corrected chi connectivity index (χ4v) is 4.06. The van der Waals surface area contributed by atoms with Crippen molar-refractivity contribution in [2.24, 2.45) is 0 Å². The van der Waals surface area contributed by atoms with Crippen LogP contribution in [-0.2, 0) is 13.0 Å². The van der Waals surface area contributed by atoms with Gasteiger partial charge in [-0.15, -0.1) is 0 Å². The van der Waals surface area contributed by atoms with Crippen molar-refractivity contribution in [3.05, 3.63) is 94.8 Å². The molecule has 0 saturated carbocycles. The Hall–Kier alpha value is -3.24. The van der Waals surface area contributed by atoms with Gasteiger partial charge < -0.3 is 4.90 Å². The lowest BCUT2D eigenvalue weighted by molar-refractivity contribution is 0.0736. The van der Waals surface area contributed by atoms with E-state index in [1.54, 1.807) is 18.5 Å². The number of hydrogen-bond donors (Lipinski definition) is 0. The molecule has 0 radical (unpaired) electrons. The largest absolute Gasteiger partial charge is 0.334 e. The Morgan fingerprint density at radius 1 is 0.966 bits per heavy atom. The van der Waals surface area contributed by atoms with Crippen LogP contribution in [0.25, 0.3) is 22.2 Å². The number of aromatic nitrogens is 2. The van der Waals surface area contributed by atoms with Crippen molar-refractivity contribution in [3.63, 3.8) is 0 Å². The van der Waals surface area contributed by atoms with Crippen LogP contribution in [0, 0.1) is 0 Å². The fraction of sp³-hybridized carbons (Fsp3) is 0.125. The number of pyridine rings is 2. The zero-order valence-electron chi connectivity index (χ0n) is 15.7. The number of nitrogens with zero attached hydrogens (tertiary/aromatic N) is 3. The molecule has 1 aliphatic heterocycles. The second-order valence-electron chi connectivity index (χ2n) is 7.20. The highest BCUT2D eigenvalue weighted by molar-refractivity contribution is 6.31. The van der Waals surface area contributed by atoms with Gasteiger partial charge in [-0.1, -0.05) is 35.9 Å². The van der Waals surface area contributed by atoms with Crippen LogP contribution in [0.15, 0.2) is 73.1 Å². The second-order valence-corrected chi connectivity index (χ2v) is 7.63. The zero-order valence-corrected chi connectivity index (χ0v) is 16.4. The highest BCUT2D eigenvalue weighted by Gasteiger charge is 2.24. The molecule has 0 saturated heterocycles. The van der Waals surface area contributed by atoms with Gasteiger partial charge in [-0.3, -0.25) is 9.78 Å². The number of carbonyl (C=O) groups excluding carboxylic acids is 1. The summed E-state index contributed by atoms with van der Waals surface area (Å²) < 4.78 is 0. The van der Waals surface area contributed by atoms with E-state index < -0.39 is 0 Å². The summed E-state index contributed by atoms with van der Waals surface area (Å²) in [5.74, 6) is 0.00414. The van der Waals surface area contributed by atoms with Gasteiger partial charge in [0.15, 0.2) is 0 Å². The molecule has 0 fully saturated rings. The molecule has 2 aromatic heterocycles. The number of rotatable bonds is 2. The smallest absolute Gasteiger partial charge is 0.254 e. The predicted octanol–water partition coefficient (Wildman–Crippen LogP) is 5.15. The monoisotopic (exact) mass is 399 g/mol.